The van der Waals surface area contributed by atoms with E-state index in [1.54, 1.807) is 49.4 Å². The highest BCUT2D eigenvalue weighted by molar-refractivity contribution is 8.00. The van der Waals surface area contributed by atoms with Crippen molar-refractivity contribution in [3.05, 3.63) is 107 Å². The number of nitrogens with zero attached hydrogens (tertiary/aromatic N) is 2. The zero-order chi connectivity index (χ0) is 23.7. The van der Waals surface area contributed by atoms with E-state index < -0.39 is 5.25 Å². The van der Waals surface area contributed by atoms with E-state index in [4.69, 9.17) is 4.42 Å². The number of aromatic nitrogens is 2. The minimum absolute atomic E-state index is 0.199. The molecule has 0 bridgehead atoms. The molecule has 0 saturated carbocycles. The Kier molecular flexibility index (Phi) is 5.81. The van der Waals surface area contributed by atoms with Gasteiger partial charge in [-0.15, -0.1) is 10.2 Å². The van der Waals surface area contributed by atoms with E-state index in [0.29, 0.717) is 39.9 Å². The first-order chi connectivity index (χ1) is 16.5. The summed E-state index contributed by atoms with van der Waals surface area (Å²) >= 11 is 1.15. The molecule has 34 heavy (non-hydrogen) atoms. The molecule has 1 atom stereocenters. The SMILES string of the molecule is CC(Sc1nnc(Cc2ccccc2)o1)C(=O)Nc1ccc2c(c1)C(=O)c1ccccc1C2=O. The molecule has 7 nitrogen and oxygen atoms in total. The van der Waals surface area contributed by atoms with Crippen molar-refractivity contribution in [3.8, 4) is 0 Å². The predicted octanol–water partition coefficient (Wildman–Crippen LogP) is 4.56. The van der Waals surface area contributed by atoms with Gasteiger partial charge in [-0.2, -0.15) is 0 Å². The summed E-state index contributed by atoms with van der Waals surface area (Å²) < 4.78 is 5.67. The van der Waals surface area contributed by atoms with Crippen molar-refractivity contribution in [2.75, 3.05) is 5.32 Å². The third kappa shape index (κ3) is 4.27. The molecule has 0 saturated heterocycles. The summed E-state index contributed by atoms with van der Waals surface area (Å²) in [4.78, 5) is 38.4. The Hall–Kier alpha value is -4.04. The maximum Gasteiger partial charge on any atom is 0.277 e. The van der Waals surface area contributed by atoms with Crippen molar-refractivity contribution in [2.24, 2.45) is 0 Å². The van der Waals surface area contributed by atoms with Gasteiger partial charge in [0.15, 0.2) is 11.6 Å². The maximum absolute atomic E-state index is 12.9. The van der Waals surface area contributed by atoms with Crippen LogP contribution >= 0.6 is 11.8 Å². The molecular formula is C26H19N3O4S. The van der Waals surface area contributed by atoms with Crippen LogP contribution in [0.25, 0.3) is 0 Å². The number of hydrogen-bond acceptors (Lipinski definition) is 7. The molecule has 4 aromatic rings. The van der Waals surface area contributed by atoms with Gasteiger partial charge in [0, 0.05) is 27.9 Å². The van der Waals surface area contributed by atoms with Crippen LogP contribution in [0, 0.1) is 0 Å². The van der Waals surface area contributed by atoms with Crippen molar-refractivity contribution < 1.29 is 18.8 Å². The van der Waals surface area contributed by atoms with E-state index in [-0.39, 0.29) is 23.0 Å². The number of amides is 1. The van der Waals surface area contributed by atoms with Gasteiger partial charge in [0.2, 0.25) is 11.8 Å². The second-order valence-electron chi connectivity index (χ2n) is 7.84. The quantitative estimate of drug-likeness (QED) is 0.364. The Labute approximate surface area is 199 Å². The smallest absolute Gasteiger partial charge is 0.277 e. The van der Waals surface area contributed by atoms with Gasteiger partial charge in [0.05, 0.1) is 11.7 Å². The van der Waals surface area contributed by atoms with Gasteiger partial charge in [-0.3, -0.25) is 14.4 Å². The highest BCUT2D eigenvalue weighted by Gasteiger charge is 2.29. The monoisotopic (exact) mass is 469 g/mol. The summed E-state index contributed by atoms with van der Waals surface area (Å²) in [5, 5.41) is 10.7. The van der Waals surface area contributed by atoms with Crippen molar-refractivity contribution in [3.63, 3.8) is 0 Å². The third-order valence-corrected chi connectivity index (χ3v) is 6.42. The molecule has 1 heterocycles. The average molecular weight is 470 g/mol. The van der Waals surface area contributed by atoms with Crippen molar-refractivity contribution in [1.29, 1.82) is 0 Å². The molecule has 0 aliphatic heterocycles. The van der Waals surface area contributed by atoms with Crippen LogP contribution in [0.2, 0.25) is 0 Å². The number of anilines is 1. The number of fused-ring (bicyclic) bond motifs is 2. The highest BCUT2D eigenvalue weighted by Crippen LogP contribution is 2.30. The first-order valence-corrected chi connectivity index (χ1v) is 11.5. The van der Waals surface area contributed by atoms with Gasteiger partial charge in [-0.25, -0.2) is 0 Å². The van der Waals surface area contributed by atoms with Crippen LogP contribution in [0.1, 0.15) is 50.2 Å². The van der Waals surface area contributed by atoms with Gasteiger partial charge < -0.3 is 9.73 Å². The number of carbonyl (C=O) groups excluding carboxylic acids is 3. The van der Waals surface area contributed by atoms with Crippen LogP contribution in [-0.2, 0) is 11.2 Å². The molecule has 1 N–H and O–H groups in total. The molecule has 1 aromatic heterocycles. The molecule has 0 fully saturated rings. The van der Waals surface area contributed by atoms with E-state index >= 15 is 0 Å². The lowest BCUT2D eigenvalue weighted by Crippen LogP contribution is -2.24. The number of ketones is 2. The predicted molar refractivity (Wildman–Crippen MR) is 127 cm³/mol. The lowest BCUT2D eigenvalue weighted by molar-refractivity contribution is -0.115. The summed E-state index contributed by atoms with van der Waals surface area (Å²) in [6.07, 6.45) is 0.514. The number of hydrogen-bond donors (Lipinski definition) is 1. The zero-order valence-electron chi connectivity index (χ0n) is 18.1. The van der Waals surface area contributed by atoms with Crippen LogP contribution < -0.4 is 5.32 Å². The van der Waals surface area contributed by atoms with Crippen molar-refractivity contribution in [1.82, 2.24) is 10.2 Å². The summed E-state index contributed by atoms with van der Waals surface area (Å²) in [6, 6.07) is 21.3. The fraction of sp³-hybridized carbons (Fsp3) is 0.115. The summed E-state index contributed by atoms with van der Waals surface area (Å²) in [5.74, 6) is -0.252. The van der Waals surface area contributed by atoms with Crippen molar-refractivity contribution >= 4 is 34.9 Å². The maximum atomic E-state index is 12.9. The standard InChI is InChI=1S/C26H19N3O4S/c1-15(34-26-29-28-22(33-26)13-16-7-3-2-4-8-16)25(32)27-17-11-12-20-21(14-17)24(31)19-10-6-5-9-18(19)23(20)30/h2-12,14-15H,13H2,1H3,(H,27,32). The fourth-order valence-electron chi connectivity index (χ4n) is 3.75. The molecule has 0 spiro atoms. The van der Waals surface area contributed by atoms with Crippen molar-refractivity contribution in [2.45, 2.75) is 23.8 Å². The Morgan fingerprint density at radius 1 is 0.882 bits per heavy atom. The van der Waals surface area contributed by atoms with Crippen LogP contribution in [0.4, 0.5) is 5.69 Å². The van der Waals surface area contributed by atoms with Gasteiger partial charge in [-0.1, -0.05) is 66.4 Å². The molecular weight excluding hydrogens is 450 g/mol. The molecule has 1 unspecified atom stereocenters. The molecule has 1 aliphatic carbocycles. The van der Waals surface area contributed by atoms with Gasteiger partial charge in [0.1, 0.15) is 0 Å². The molecule has 3 aromatic carbocycles. The van der Waals surface area contributed by atoms with Crippen LogP contribution in [0.5, 0.6) is 0 Å². The molecule has 5 rings (SSSR count). The van der Waals surface area contributed by atoms with Crippen LogP contribution in [0.3, 0.4) is 0 Å². The average Bonchev–Trinajstić information content (AvgIpc) is 3.29. The molecule has 8 heteroatoms. The van der Waals surface area contributed by atoms with Gasteiger partial charge >= 0.3 is 0 Å². The van der Waals surface area contributed by atoms with Gasteiger partial charge in [0.25, 0.3) is 5.22 Å². The summed E-state index contributed by atoms with van der Waals surface area (Å²) in [6.45, 7) is 1.73. The Balaban J connectivity index is 1.26. The second-order valence-corrected chi connectivity index (χ2v) is 9.13. The fourth-order valence-corrected chi connectivity index (χ4v) is 4.45. The van der Waals surface area contributed by atoms with E-state index in [2.05, 4.69) is 15.5 Å². The van der Waals surface area contributed by atoms with E-state index in [1.807, 2.05) is 30.3 Å². The molecule has 0 radical (unpaired) electrons. The van der Waals surface area contributed by atoms with Crippen LogP contribution in [-0.4, -0.2) is 32.9 Å². The lowest BCUT2D eigenvalue weighted by atomic mass is 9.84. The van der Waals surface area contributed by atoms with Crippen LogP contribution in [0.15, 0.2) is 82.4 Å². The number of thioether (sulfide) groups is 1. The number of carbonyl (C=O) groups is 3. The minimum atomic E-state index is -0.529. The first kappa shape index (κ1) is 21.8. The first-order valence-electron chi connectivity index (χ1n) is 10.7. The second kappa shape index (κ2) is 9.07. The Morgan fingerprint density at radius 3 is 2.26 bits per heavy atom. The topological polar surface area (TPSA) is 102 Å². The normalized spacial score (nSPS) is 13.2. The number of benzene rings is 3. The largest absolute Gasteiger partial charge is 0.416 e. The van der Waals surface area contributed by atoms with E-state index in [1.165, 1.54) is 0 Å². The third-order valence-electron chi connectivity index (χ3n) is 5.49. The van der Waals surface area contributed by atoms with E-state index in [0.717, 1.165) is 17.3 Å². The number of nitrogens with one attached hydrogen (secondary N) is 1. The molecule has 1 amide bonds. The molecule has 1 aliphatic rings. The lowest BCUT2D eigenvalue weighted by Gasteiger charge is -2.18. The summed E-state index contributed by atoms with van der Waals surface area (Å²) in [5.41, 5.74) is 2.87. The minimum Gasteiger partial charge on any atom is -0.416 e. The molecule has 168 valence electrons. The zero-order valence-corrected chi connectivity index (χ0v) is 19.0. The number of rotatable bonds is 6. The van der Waals surface area contributed by atoms with Gasteiger partial charge in [-0.05, 0) is 30.7 Å². The highest BCUT2D eigenvalue weighted by atomic mass is 32.2. The van der Waals surface area contributed by atoms with E-state index in [9.17, 15) is 14.4 Å². The Morgan fingerprint density at radius 2 is 1.53 bits per heavy atom. The summed E-state index contributed by atoms with van der Waals surface area (Å²) in [7, 11) is 0. The Bertz CT molecular complexity index is 1410.